The van der Waals surface area contributed by atoms with E-state index >= 15 is 0 Å². The Morgan fingerprint density at radius 1 is 1.23 bits per heavy atom. The van der Waals surface area contributed by atoms with Gasteiger partial charge in [0.2, 0.25) is 5.28 Å². The molecular weight excluding hydrogens is 467 g/mol. The molecule has 26 heavy (non-hydrogen) atoms. The molecule has 8 heteroatoms. The van der Waals surface area contributed by atoms with E-state index in [1.54, 1.807) is 0 Å². The summed E-state index contributed by atoms with van der Waals surface area (Å²) in [7, 11) is 0. The van der Waals surface area contributed by atoms with Crippen molar-refractivity contribution in [2.45, 2.75) is 10.7 Å². The van der Waals surface area contributed by atoms with E-state index in [9.17, 15) is 5.11 Å². The average molecular weight is 483 g/mol. The number of halogens is 2. The molecule has 1 aliphatic rings. The highest BCUT2D eigenvalue weighted by molar-refractivity contribution is 14.1. The zero-order valence-corrected chi connectivity index (χ0v) is 16.7. The lowest BCUT2D eigenvalue weighted by atomic mass is 10.1. The molecule has 4 rings (SSSR count). The summed E-state index contributed by atoms with van der Waals surface area (Å²) < 4.78 is 5.69. The van der Waals surface area contributed by atoms with Crippen molar-refractivity contribution in [3.05, 3.63) is 47.2 Å². The molecule has 134 valence electrons. The van der Waals surface area contributed by atoms with E-state index in [0.717, 1.165) is 34.6 Å². The second-order valence-electron chi connectivity index (χ2n) is 5.95. The Bertz CT molecular complexity index is 956. The predicted octanol–water partition coefficient (Wildman–Crippen LogP) is 3.44. The largest absolute Gasteiger partial charge is 0.392 e. The van der Waals surface area contributed by atoms with Crippen molar-refractivity contribution in [3.63, 3.8) is 0 Å². The van der Waals surface area contributed by atoms with Gasteiger partial charge in [0.1, 0.15) is 9.87 Å². The number of pyridine rings is 1. The molecule has 6 nitrogen and oxygen atoms in total. The number of ether oxygens (including phenoxy) is 1. The Labute approximate surface area is 169 Å². The summed E-state index contributed by atoms with van der Waals surface area (Å²) in [5.74, 6) is 0.783. The van der Waals surface area contributed by atoms with Crippen LogP contribution in [0.25, 0.3) is 22.3 Å². The van der Waals surface area contributed by atoms with Crippen LogP contribution in [0.5, 0.6) is 0 Å². The third kappa shape index (κ3) is 3.48. The van der Waals surface area contributed by atoms with Gasteiger partial charge in [0, 0.05) is 12.1 Å². The van der Waals surface area contributed by atoms with Gasteiger partial charge in [-0.05, 0) is 35.4 Å². The number of anilines is 1. The molecule has 1 aliphatic heterocycles. The average Bonchev–Trinajstić information content (AvgIpc) is 2.67. The van der Waals surface area contributed by atoms with Crippen LogP contribution >= 0.6 is 34.2 Å². The summed E-state index contributed by atoms with van der Waals surface area (Å²) >= 11 is 8.53. The normalized spacial score (nSPS) is 17.7. The van der Waals surface area contributed by atoms with E-state index < -0.39 is 0 Å². The van der Waals surface area contributed by atoms with E-state index in [-0.39, 0.29) is 15.9 Å². The van der Waals surface area contributed by atoms with Crippen LogP contribution < -0.4 is 4.90 Å². The number of benzene rings is 1. The lowest BCUT2D eigenvalue weighted by molar-refractivity contribution is 0.118. The molecule has 2 aromatic heterocycles. The molecular formula is C18H16ClIN4O2. The molecule has 1 N–H and O–H groups in total. The standard InChI is InChI=1S/C18H16ClIN4O2/c19-18-22-16-13(17(23-18)24-6-7-26-10-15(24)20)4-5-14(21-16)12-3-1-2-11(8-12)9-25/h1-5,8,15,25H,6-7,9-10H2/t15-/m1/s1. The van der Waals surface area contributed by atoms with Crippen LogP contribution in [0.1, 0.15) is 5.56 Å². The predicted molar refractivity (Wildman–Crippen MR) is 110 cm³/mol. The van der Waals surface area contributed by atoms with Gasteiger partial charge in [-0.15, -0.1) is 0 Å². The van der Waals surface area contributed by atoms with E-state index in [4.69, 9.17) is 16.3 Å². The number of aliphatic hydroxyl groups is 1. The number of hydrogen-bond acceptors (Lipinski definition) is 6. The van der Waals surface area contributed by atoms with Crippen molar-refractivity contribution < 1.29 is 9.84 Å². The molecule has 3 aromatic rings. The lowest BCUT2D eigenvalue weighted by Crippen LogP contribution is -2.42. The fraction of sp³-hybridized carbons (Fsp3) is 0.278. The molecule has 0 spiro atoms. The van der Waals surface area contributed by atoms with Crippen LogP contribution in [0.3, 0.4) is 0 Å². The van der Waals surface area contributed by atoms with Gasteiger partial charge in [-0.25, -0.2) is 4.98 Å². The first-order chi connectivity index (χ1) is 12.7. The second kappa shape index (κ2) is 7.59. The molecule has 1 aromatic carbocycles. The van der Waals surface area contributed by atoms with Gasteiger partial charge < -0.3 is 14.7 Å². The van der Waals surface area contributed by atoms with Gasteiger partial charge in [-0.3, -0.25) is 0 Å². The fourth-order valence-corrected chi connectivity index (χ4v) is 3.95. The first-order valence-corrected chi connectivity index (χ1v) is 9.81. The van der Waals surface area contributed by atoms with Crippen LogP contribution in [0.4, 0.5) is 5.82 Å². The van der Waals surface area contributed by atoms with Gasteiger partial charge >= 0.3 is 0 Å². The molecule has 1 atom stereocenters. The highest BCUT2D eigenvalue weighted by Crippen LogP contribution is 2.30. The Kier molecular flexibility index (Phi) is 5.21. The Hall–Kier alpha value is -1.55. The van der Waals surface area contributed by atoms with Gasteiger partial charge in [-0.2, -0.15) is 9.97 Å². The van der Waals surface area contributed by atoms with Crippen LogP contribution in [0.15, 0.2) is 36.4 Å². The number of alkyl halides is 1. The van der Waals surface area contributed by atoms with E-state index in [2.05, 4.69) is 42.4 Å². The van der Waals surface area contributed by atoms with Crippen molar-refractivity contribution in [1.82, 2.24) is 15.0 Å². The first-order valence-electron chi connectivity index (χ1n) is 8.18. The summed E-state index contributed by atoms with van der Waals surface area (Å²) in [4.78, 5) is 15.6. The third-order valence-corrected chi connectivity index (χ3v) is 5.46. The van der Waals surface area contributed by atoms with Gasteiger partial charge in [-0.1, -0.05) is 40.8 Å². The second-order valence-corrected chi connectivity index (χ2v) is 7.72. The van der Waals surface area contributed by atoms with Crippen molar-refractivity contribution >= 4 is 51.0 Å². The number of hydrogen-bond donors (Lipinski definition) is 1. The maximum Gasteiger partial charge on any atom is 0.226 e. The van der Waals surface area contributed by atoms with Crippen molar-refractivity contribution in [1.29, 1.82) is 0 Å². The summed E-state index contributed by atoms with van der Waals surface area (Å²) in [6.45, 7) is 2.04. The number of aromatic nitrogens is 3. The van der Waals surface area contributed by atoms with Crippen LogP contribution in [-0.2, 0) is 11.3 Å². The molecule has 0 amide bonds. The summed E-state index contributed by atoms with van der Waals surface area (Å²) in [5.41, 5.74) is 3.10. The smallest absolute Gasteiger partial charge is 0.226 e. The molecule has 3 heterocycles. The zero-order valence-electron chi connectivity index (χ0n) is 13.8. The van der Waals surface area contributed by atoms with E-state index in [1.165, 1.54) is 0 Å². The maximum atomic E-state index is 9.35. The highest BCUT2D eigenvalue weighted by Gasteiger charge is 2.24. The Balaban J connectivity index is 1.81. The van der Waals surface area contributed by atoms with Crippen molar-refractivity contribution in [2.24, 2.45) is 0 Å². The van der Waals surface area contributed by atoms with E-state index in [1.807, 2.05) is 36.4 Å². The molecule has 0 saturated carbocycles. The third-order valence-electron chi connectivity index (χ3n) is 4.26. The molecule has 1 saturated heterocycles. The van der Waals surface area contributed by atoms with E-state index in [0.29, 0.717) is 18.9 Å². The lowest BCUT2D eigenvalue weighted by Gasteiger charge is -2.33. The molecule has 0 unspecified atom stereocenters. The van der Waals surface area contributed by atoms with Crippen LogP contribution in [0.2, 0.25) is 5.28 Å². The van der Waals surface area contributed by atoms with Gasteiger partial charge in [0.25, 0.3) is 0 Å². The minimum absolute atomic E-state index is 0.00630. The van der Waals surface area contributed by atoms with Crippen molar-refractivity contribution in [2.75, 3.05) is 24.7 Å². The fourth-order valence-electron chi connectivity index (χ4n) is 2.99. The molecule has 1 fully saturated rings. The quantitative estimate of drug-likeness (QED) is 0.267. The number of morpholine rings is 1. The minimum atomic E-state index is -0.00630. The topological polar surface area (TPSA) is 71.4 Å². The SMILES string of the molecule is OCc1cccc(-c2ccc3c(N4CCOC[C@@H]4I)nc(Cl)nc3n2)c1. The summed E-state index contributed by atoms with van der Waals surface area (Å²) in [5, 5.41) is 10.4. The Morgan fingerprint density at radius 2 is 2.12 bits per heavy atom. The maximum absolute atomic E-state index is 9.35. The Morgan fingerprint density at radius 3 is 2.92 bits per heavy atom. The monoisotopic (exact) mass is 482 g/mol. The van der Waals surface area contributed by atoms with Gasteiger partial charge in [0.05, 0.1) is 30.9 Å². The number of nitrogens with zero attached hydrogens (tertiary/aromatic N) is 4. The first kappa shape index (κ1) is 17.8. The van der Waals surface area contributed by atoms with Crippen LogP contribution in [0, 0.1) is 0 Å². The number of aliphatic hydroxyl groups excluding tert-OH is 1. The summed E-state index contributed by atoms with van der Waals surface area (Å²) in [6.07, 6.45) is 0. The highest BCUT2D eigenvalue weighted by atomic mass is 127. The number of rotatable bonds is 3. The molecule has 0 bridgehead atoms. The summed E-state index contributed by atoms with van der Waals surface area (Å²) in [6, 6.07) is 11.6. The molecule has 0 radical (unpaired) electrons. The van der Waals surface area contributed by atoms with Gasteiger partial charge in [0.15, 0.2) is 5.65 Å². The van der Waals surface area contributed by atoms with Crippen molar-refractivity contribution in [3.8, 4) is 11.3 Å². The number of fused-ring (bicyclic) bond motifs is 1. The zero-order chi connectivity index (χ0) is 18.1. The van der Waals surface area contributed by atoms with Crippen LogP contribution in [-0.4, -0.2) is 43.9 Å². The minimum Gasteiger partial charge on any atom is -0.392 e. The molecule has 0 aliphatic carbocycles.